The van der Waals surface area contributed by atoms with E-state index in [2.05, 4.69) is 23.9 Å². The van der Waals surface area contributed by atoms with Crippen LogP contribution in [0.15, 0.2) is 35.7 Å². The van der Waals surface area contributed by atoms with Gasteiger partial charge in [0, 0.05) is 53.6 Å². The maximum atomic E-state index is 14.9. The van der Waals surface area contributed by atoms with Gasteiger partial charge in [0.1, 0.15) is 46.1 Å². The summed E-state index contributed by atoms with van der Waals surface area (Å²) in [6, 6.07) is 4.42. The van der Waals surface area contributed by atoms with Crippen molar-refractivity contribution in [2.75, 3.05) is 26.7 Å². The number of thiazole rings is 1. The number of methoxy groups -OCH3 is 1. The van der Waals surface area contributed by atoms with E-state index in [-0.39, 0.29) is 44.2 Å². The van der Waals surface area contributed by atoms with Gasteiger partial charge in [-0.2, -0.15) is 0 Å². The summed E-state index contributed by atoms with van der Waals surface area (Å²) in [4.78, 5) is 70.1. The number of likely N-dealkylation sites (tertiary alicyclic amines) is 1. The number of pyridine rings is 1. The molecule has 2 aliphatic carbocycles. The van der Waals surface area contributed by atoms with Gasteiger partial charge in [-0.1, -0.05) is 38.8 Å². The largest absolute Gasteiger partial charge is 0.496 e. The number of nitrogens with zero attached hydrogens (tertiary/aromatic N) is 4. The van der Waals surface area contributed by atoms with E-state index in [4.69, 9.17) is 19.4 Å². The third-order valence-corrected chi connectivity index (χ3v) is 15.8. The van der Waals surface area contributed by atoms with Crippen molar-refractivity contribution in [3.63, 3.8) is 0 Å². The topological polar surface area (TPSA) is 177 Å². The van der Waals surface area contributed by atoms with Crippen molar-refractivity contribution >= 4 is 55.9 Å². The molecular formula is C45H57FN6O8S2. The predicted octanol–water partition coefficient (Wildman–Crippen LogP) is 6.12. The van der Waals surface area contributed by atoms with E-state index in [0.29, 0.717) is 84.6 Å². The smallest absolute Gasteiger partial charge is 0.259 e. The number of nitrogens with one attached hydrogen (secondary N) is 2. The molecule has 1 aromatic carbocycles. The van der Waals surface area contributed by atoms with Crippen molar-refractivity contribution in [2.45, 2.75) is 133 Å². The van der Waals surface area contributed by atoms with E-state index in [1.807, 2.05) is 42.7 Å². The molecule has 4 fully saturated rings. The maximum absolute atomic E-state index is 14.9. The van der Waals surface area contributed by atoms with Crippen LogP contribution in [-0.4, -0.2) is 108 Å². The Hall–Kier alpha value is -4.64. The minimum absolute atomic E-state index is 0.000494. The average molecular weight is 893 g/mol. The molecule has 5 heterocycles. The molecule has 62 heavy (non-hydrogen) atoms. The van der Waals surface area contributed by atoms with Crippen LogP contribution >= 0.6 is 11.3 Å². The number of piperidine rings is 1. The van der Waals surface area contributed by atoms with Crippen LogP contribution in [0.5, 0.6) is 11.5 Å². The Morgan fingerprint density at radius 2 is 1.87 bits per heavy atom. The number of carbonyl (C=O) groups is 4. The molecule has 1 unspecified atom stereocenters. The highest BCUT2D eigenvalue weighted by Crippen LogP contribution is 2.46. The van der Waals surface area contributed by atoms with Crippen molar-refractivity contribution in [1.29, 1.82) is 0 Å². The highest BCUT2D eigenvalue weighted by atomic mass is 32.2. The first kappa shape index (κ1) is 44.0. The lowest BCUT2D eigenvalue weighted by Gasteiger charge is -2.32. The summed E-state index contributed by atoms with van der Waals surface area (Å²) in [5.74, 6) is -1.98. The zero-order valence-electron chi connectivity index (χ0n) is 35.9. The van der Waals surface area contributed by atoms with E-state index in [0.717, 1.165) is 24.1 Å². The van der Waals surface area contributed by atoms with Gasteiger partial charge in [0.15, 0.2) is 0 Å². The first-order valence-corrected chi connectivity index (χ1v) is 24.5. The maximum Gasteiger partial charge on any atom is 0.259 e. The molecule has 2 aromatic heterocycles. The quantitative estimate of drug-likeness (QED) is 0.226. The van der Waals surface area contributed by atoms with Crippen LogP contribution in [-0.2, 0) is 29.2 Å². The Bertz CT molecular complexity index is 2370. The zero-order valence-corrected chi connectivity index (χ0v) is 37.5. The molecular weight excluding hydrogens is 836 g/mol. The van der Waals surface area contributed by atoms with Crippen molar-refractivity contribution < 1.29 is 41.5 Å². The number of sulfonamides is 1. The van der Waals surface area contributed by atoms with Crippen LogP contribution in [0.25, 0.3) is 21.6 Å². The van der Waals surface area contributed by atoms with Crippen LogP contribution in [0.2, 0.25) is 0 Å². The van der Waals surface area contributed by atoms with Crippen LogP contribution < -0.4 is 19.5 Å². The Morgan fingerprint density at radius 1 is 1.06 bits per heavy atom. The Balaban J connectivity index is 1.14. The highest BCUT2D eigenvalue weighted by Gasteiger charge is 2.62. The number of amides is 4. The Kier molecular flexibility index (Phi) is 12.7. The predicted molar refractivity (Wildman–Crippen MR) is 233 cm³/mol. The number of alkyl halides is 1. The fourth-order valence-electron chi connectivity index (χ4n) is 9.13. The third kappa shape index (κ3) is 9.20. The normalized spacial score (nSPS) is 27.7. The third-order valence-electron chi connectivity index (χ3n) is 13.1. The van der Waals surface area contributed by atoms with E-state index < -0.39 is 68.7 Å². The lowest BCUT2D eigenvalue weighted by atomic mass is 9.94. The molecule has 0 radical (unpaired) electrons. The Labute approximate surface area is 366 Å². The molecule has 2 saturated heterocycles. The number of hydrogen-bond acceptors (Lipinski definition) is 11. The van der Waals surface area contributed by atoms with Gasteiger partial charge in [-0.25, -0.2) is 22.8 Å². The number of halogens is 1. The summed E-state index contributed by atoms with van der Waals surface area (Å²) in [7, 11) is -2.32. The molecule has 8 rings (SSSR count). The summed E-state index contributed by atoms with van der Waals surface area (Å²) in [5, 5.41) is 5.71. The average Bonchev–Trinajstić information content (AvgIpc) is 4.12. The first-order chi connectivity index (χ1) is 29.7. The van der Waals surface area contributed by atoms with Crippen LogP contribution in [0.3, 0.4) is 0 Å². The Morgan fingerprint density at radius 3 is 2.60 bits per heavy atom. The minimum atomic E-state index is -3.92. The molecule has 0 bridgehead atoms. The SMILES string of the molecule is COc1ccc2c(O[C@@H]3C[C@H]4C(=O)N[C@]5(C(=O)NS(=O)(=O)C6CC6)C[C@H]5/C=C\CCCCC[C@H](CC(=O)N5CCCC(F)C5)C(=O)N4C3)cc(-c3nc(C(C)C)cs3)nc2c1C. The number of aryl methyl sites for hydroxylation is 1. The van der Waals surface area contributed by atoms with Gasteiger partial charge in [-0.3, -0.25) is 23.9 Å². The molecule has 2 N–H and O–H groups in total. The second kappa shape index (κ2) is 17.9. The standard InChI is InChI=1S/C45H57FN6O8S2/c1-26(2)35-25-61-42(48-35)34-21-38(33-16-17-37(59-4)27(3)40(33)47-34)60-31-20-36-41(54)49-45(44(56)50-62(57,58)32-14-15-32)22-29(45)12-9-7-5-6-8-11-28(43(55)52(36)24-31)19-39(53)51-18-10-13-30(46)23-51/h9,12,16-17,21,25-26,28-32,36H,5-8,10-11,13-15,18-20,22-24H2,1-4H3,(H,49,54)(H,50,56)/b12-9-/t28-,29-,30?,31-,36+,45-/m1/s1. The highest BCUT2D eigenvalue weighted by molar-refractivity contribution is 7.91. The molecule has 3 aliphatic heterocycles. The molecule has 3 aromatic rings. The summed E-state index contributed by atoms with van der Waals surface area (Å²) in [5.41, 5.74) is 1.45. The van der Waals surface area contributed by atoms with Gasteiger partial charge in [0.25, 0.3) is 5.91 Å². The summed E-state index contributed by atoms with van der Waals surface area (Å²) >= 11 is 1.48. The van der Waals surface area contributed by atoms with Crippen LogP contribution in [0.4, 0.5) is 4.39 Å². The summed E-state index contributed by atoms with van der Waals surface area (Å²) in [6.07, 6.45) is 7.33. The van der Waals surface area contributed by atoms with Crippen molar-refractivity contribution in [2.24, 2.45) is 11.8 Å². The van der Waals surface area contributed by atoms with Crippen molar-refractivity contribution in [3.8, 4) is 22.2 Å². The number of rotatable bonds is 10. The molecule has 2 saturated carbocycles. The fraction of sp³-hybridized carbons (Fsp3) is 0.600. The molecule has 6 atom stereocenters. The second-order valence-corrected chi connectivity index (χ2v) is 20.8. The summed E-state index contributed by atoms with van der Waals surface area (Å²) in [6.45, 7) is 6.47. The number of benzene rings is 1. The van der Waals surface area contributed by atoms with Gasteiger partial charge in [-0.05, 0) is 76.3 Å². The zero-order chi connectivity index (χ0) is 43.9. The van der Waals surface area contributed by atoms with Gasteiger partial charge in [0.2, 0.25) is 27.7 Å². The monoisotopic (exact) mass is 892 g/mol. The number of fused-ring (bicyclic) bond motifs is 3. The fourth-order valence-corrected chi connectivity index (χ4v) is 11.4. The van der Waals surface area contributed by atoms with E-state index in [1.165, 1.54) is 21.1 Å². The number of aromatic nitrogens is 2. The van der Waals surface area contributed by atoms with Crippen molar-refractivity contribution in [1.82, 2.24) is 29.8 Å². The number of ether oxygens (including phenoxy) is 2. The molecule has 14 nitrogen and oxygen atoms in total. The van der Waals surface area contributed by atoms with Crippen LogP contribution in [0, 0.1) is 18.8 Å². The molecule has 4 amide bonds. The molecule has 0 spiro atoms. The molecule has 17 heteroatoms. The van der Waals surface area contributed by atoms with E-state index >= 15 is 0 Å². The van der Waals surface area contributed by atoms with E-state index in [9.17, 15) is 32.0 Å². The van der Waals surface area contributed by atoms with Crippen LogP contribution in [0.1, 0.15) is 108 Å². The van der Waals surface area contributed by atoms with Crippen molar-refractivity contribution in [3.05, 3.63) is 47.0 Å². The van der Waals surface area contributed by atoms with Gasteiger partial charge in [-0.15, -0.1) is 11.3 Å². The van der Waals surface area contributed by atoms with Gasteiger partial charge in [0.05, 0.1) is 36.7 Å². The second-order valence-electron chi connectivity index (χ2n) is 18.0. The lowest BCUT2D eigenvalue weighted by molar-refractivity contribution is -0.146. The molecule has 5 aliphatic rings. The first-order valence-electron chi connectivity index (χ1n) is 22.0. The number of allylic oxidation sites excluding steroid dienone is 1. The van der Waals surface area contributed by atoms with Gasteiger partial charge < -0.3 is 24.6 Å². The number of hydrogen-bond donors (Lipinski definition) is 2. The minimum Gasteiger partial charge on any atom is -0.496 e. The number of carbonyl (C=O) groups excluding carboxylic acids is 4. The summed E-state index contributed by atoms with van der Waals surface area (Å²) < 4.78 is 55.2. The lowest BCUT2D eigenvalue weighted by Crippen LogP contribution is -2.57. The molecule has 334 valence electrons. The van der Waals surface area contributed by atoms with Gasteiger partial charge >= 0.3 is 0 Å². The van der Waals surface area contributed by atoms with E-state index in [1.54, 1.807) is 7.11 Å².